The Morgan fingerprint density at radius 3 is 2.79 bits per heavy atom. The third-order valence-corrected chi connectivity index (χ3v) is 4.22. The van der Waals surface area contributed by atoms with Crippen LogP contribution in [0.3, 0.4) is 0 Å². The zero-order valence-electron chi connectivity index (χ0n) is 11.8. The van der Waals surface area contributed by atoms with Gasteiger partial charge in [0.15, 0.2) is 7.22 Å². The van der Waals surface area contributed by atoms with E-state index in [-0.39, 0.29) is 24.4 Å². The number of nitrogens with one attached hydrogen (secondary N) is 1. The summed E-state index contributed by atoms with van der Waals surface area (Å²) in [6.07, 6.45) is 0.315. The van der Waals surface area contributed by atoms with Crippen molar-refractivity contribution in [3.8, 4) is 0 Å². The van der Waals surface area contributed by atoms with E-state index in [1.165, 1.54) is 14.2 Å². The lowest BCUT2D eigenvalue weighted by Crippen LogP contribution is -2.43. The van der Waals surface area contributed by atoms with E-state index < -0.39 is 27.9 Å². The number of carbonyl (C=O) groups excluding carboxylic acids is 2. The molecule has 0 aromatic rings. The molecule has 0 saturated heterocycles. The van der Waals surface area contributed by atoms with Crippen LogP contribution >= 0.6 is 0 Å². The first-order valence-corrected chi connectivity index (χ1v) is 7.55. The van der Waals surface area contributed by atoms with Crippen molar-refractivity contribution < 1.29 is 19.4 Å². The molecule has 9 heteroatoms. The van der Waals surface area contributed by atoms with Crippen LogP contribution in [0.25, 0.3) is 0 Å². The molecule has 105 valence electrons. The summed E-state index contributed by atoms with van der Waals surface area (Å²) < 4.78 is 33.5. The largest absolute Gasteiger partial charge is 0.369 e. The van der Waals surface area contributed by atoms with Crippen LogP contribution in [0.2, 0.25) is 8.23 Å². The molecule has 0 spiro atoms. The van der Waals surface area contributed by atoms with Crippen LogP contribution in [0.1, 0.15) is 19.8 Å². The fourth-order valence-electron chi connectivity index (χ4n) is 1.90. The molecule has 1 aliphatic carbocycles. The second-order valence-corrected chi connectivity index (χ2v) is 6.23. The van der Waals surface area contributed by atoms with Gasteiger partial charge in [-0.1, -0.05) is 6.82 Å². The number of rotatable bonds is 5. The van der Waals surface area contributed by atoms with E-state index in [4.69, 9.17) is 1.41 Å². The third kappa shape index (κ3) is 4.34. The molecule has 7 nitrogen and oxygen atoms in total. The second kappa shape index (κ2) is 6.18. The molecule has 1 saturated carbocycles. The van der Waals surface area contributed by atoms with Gasteiger partial charge in [0, 0.05) is 24.6 Å². The molecule has 0 aromatic carbocycles. The van der Waals surface area contributed by atoms with Gasteiger partial charge in [0.2, 0.25) is 13.2 Å². The molecule has 1 aliphatic rings. The van der Waals surface area contributed by atoms with Crippen LogP contribution in [0.5, 0.6) is 0 Å². The van der Waals surface area contributed by atoms with E-state index in [0.717, 1.165) is 0 Å². The molecular weight excluding hydrogens is 269 g/mol. The summed E-state index contributed by atoms with van der Waals surface area (Å²) in [6, 6.07) is -0.546. The van der Waals surface area contributed by atoms with Crippen molar-refractivity contribution in [1.29, 1.82) is 0 Å². The molecule has 2 amide bonds. The number of sulfonamides is 1. The van der Waals surface area contributed by atoms with E-state index in [9.17, 15) is 18.0 Å². The van der Waals surface area contributed by atoms with E-state index >= 15 is 0 Å². The summed E-state index contributed by atoms with van der Waals surface area (Å²) in [7, 11) is -2.21. The minimum absolute atomic E-state index is 0.119. The Labute approximate surface area is 114 Å². The number of nitrogens with zero attached hydrogens (tertiary/aromatic N) is 1. The number of nitrogens with two attached hydrogens (primary N) is 1. The van der Waals surface area contributed by atoms with Crippen molar-refractivity contribution in [2.45, 2.75) is 32.6 Å². The smallest absolute Gasteiger partial charge is 0.252 e. The van der Waals surface area contributed by atoms with E-state index in [0.29, 0.717) is 5.71 Å². The third-order valence-electron chi connectivity index (χ3n) is 2.96. The lowest BCUT2D eigenvalue weighted by atomic mass is 9.81. The fourth-order valence-corrected chi connectivity index (χ4v) is 2.58. The fraction of sp³-hybridized carbons (Fsp3) is 0.700. The Hall–Kier alpha value is -1.38. The maximum atomic E-state index is 11.6. The summed E-state index contributed by atoms with van der Waals surface area (Å²) in [4.78, 5) is 23.0. The monoisotopic (exact) mass is 287 g/mol. The Kier molecular flexibility index (Phi) is 4.57. The van der Waals surface area contributed by atoms with Crippen molar-refractivity contribution in [2.75, 3.05) is 5.75 Å². The number of amides is 2. The lowest BCUT2D eigenvalue weighted by Gasteiger charge is -2.17. The normalized spacial score (nSPS) is 25.8. The highest BCUT2D eigenvalue weighted by molar-refractivity contribution is 7.90. The summed E-state index contributed by atoms with van der Waals surface area (Å²) in [5, 5.41) is 2.61. The van der Waals surface area contributed by atoms with Gasteiger partial charge in [-0.3, -0.25) is 9.59 Å². The van der Waals surface area contributed by atoms with Crippen LogP contribution in [-0.2, 0) is 14.8 Å². The quantitative estimate of drug-likeness (QED) is 0.662. The zero-order valence-corrected chi connectivity index (χ0v) is 11.7. The molecule has 3 N–H and O–H groups in total. The van der Waals surface area contributed by atoms with Crippen LogP contribution in [0.15, 0.2) is 4.40 Å². The molecule has 1 fully saturated rings. The minimum Gasteiger partial charge on any atom is -0.369 e. The molecule has 0 aliphatic heterocycles. The average molecular weight is 287 g/mol. The number of primary amides is 1. The van der Waals surface area contributed by atoms with Crippen molar-refractivity contribution in [3.05, 3.63) is 0 Å². The summed E-state index contributed by atoms with van der Waals surface area (Å²) in [5.74, 6) is -1.71. The Balaban J connectivity index is 2.93. The van der Waals surface area contributed by atoms with Crippen molar-refractivity contribution >= 4 is 34.7 Å². The van der Waals surface area contributed by atoms with Gasteiger partial charge in [-0.05, 0) is 6.92 Å². The van der Waals surface area contributed by atoms with Crippen LogP contribution in [-0.4, -0.2) is 44.9 Å². The Morgan fingerprint density at radius 1 is 1.58 bits per heavy atom. The van der Waals surface area contributed by atoms with Crippen LogP contribution < -0.4 is 11.0 Å². The second-order valence-electron chi connectivity index (χ2n) is 4.31. The number of hydrogen-bond donors (Lipinski definition) is 2. The van der Waals surface area contributed by atoms with Gasteiger partial charge in [0.1, 0.15) is 0 Å². The van der Waals surface area contributed by atoms with Crippen molar-refractivity contribution in [1.82, 2.24) is 5.32 Å². The van der Waals surface area contributed by atoms with Gasteiger partial charge in [0.05, 0.1) is 11.7 Å². The highest BCUT2D eigenvalue weighted by Gasteiger charge is 2.36. The van der Waals surface area contributed by atoms with Crippen LogP contribution in [0, 0.1) is 5.92 Å². The van der Waals surface area contributed by atoms with Gasteiger partial charge in [-0.25, -0.2) is 8.42 Å². The van der Waals surface area contributed by atoms with Crippen molar-refractivity contribution in [2.24, 2.45) is 16.0 Å². The minimum atomic E-state index is -3.53. The summed E-state index contributed by atoms with van der Waals surface area (Å²) >= 11 is 0. The molecule has 1 radical (unpaired) electrons. The summed E-state index contributed by atoms with van der Waals surface area (Å²) in [5.41, 5.74) is 2.12. The summed E-state index contributed by atoms with van der Waals surface area (Å²) in [6.45, 7) is 3.04. The lowest BCUT2D eigenvalue weighted by molar-refractivity contribution is -0.121. The van der Waals surface area contributed by atoms with Crippen LogP contribution in [0.4, 0.5) is 4.79 Å². The van der Waals surface area contributed by atoms with Crippen molar-refractivity contribution in [3.63, 3.8) is 0 Å². The predicted molar refractivity (Wildman–Crippen MR) is 72.8 cm³/mol. The first kappa shape index (κ1) is 14.0. The maximum Gasteiger partial charge on any atom is 0.252 e. The van der Waals surface area contributed by atoms with E-state index in [1.807, 2.05) is 0 Å². The molecule has 1 rings (SSSR count). The van der Waals surface area contributed by atoms with Gasteiger partial charge >= 0.3 is 0 Å². The number of carbonyl (C=O) groups is 2. The predicted octanol–water partition coefficient (Wildman–Crippen LogP) is -0.497. The Morgan fingerprint density at radius 2 is 2.26 bits per heavy atom. The van der Waals surface area contributed by atoms with E-state index in [1.54, 1.807) is 12.5 Å². The molecule has 0 heterocycles. The van der Waals surface area contributed by atoms with Gasteiger partial charge in [-0.15, -0.1) is 0 Å². The van der Waals surface area contributed by atoms with Gasteiger partial charge < -0.3 is 11.0 Å². The van der Waals surface area contributed by atoms with Gasteiger partial charge in [-0.2, -0.15) is 4.40 Å². The first-order valence-electron chi connectivity index (χ1n) is 6.44. The molecule has 0 unspecified atom stereocenters. The van der Waals surface area contributed by atoms with E-state index in [2.05, 4.69) is 9.71 Å². The first-order chi connectivity index (χ1) is 9.32. The topological polar surface area (TPSA) is 119 Å². The molecule has 2 atom stereocenters. The highest BCUT2D eigenvalue weighted by atomic mass is 32.2. The molecular formula is C10H17BN3O4S. The SMILES string of the molecule is [2H]NC(=O)[C@H]1C/C(=N/S(=O)(=O)CC)C[C@@H]1NC(=O)[B]C. The number of hydrogen-bond acceptors (Lipinski definition) is 4. The molecule has 0 bridgehead atoms. The Bertz CT molecular complexity index is 523. The molecule has 0 aromatic heterocycles. The standard InChI is InChI=1S/C10H17BN3O4S/c1-3-19(17,18)14-6-4-7(9(12)15)8(5-6)13-10(16)11-2/h7-8H,3-5H2,1-2H3,(H2,12,15)(H,13,16)/b14-6-/t7-,8-/m0/s1/i/hD. The zero-order chi connectivity index (χ0) is 15.3. The van der Waals surface area contributed by atoms with Gasteiger partial charge in [0.25, 0.3) is 10.0 Å². The average Bonchev–Trinajstić information content (AvgIpc) is 2.79. The maximum absolute atomic E-state index is 11.6. The molecule has 19 heavy (non-hydrogen) atoms. The highest BCUT2D eigenvalue weighted by Crippen LogP contribution is 2.24.